The average molecular weight is 354 g/mol. The number of amides is 1. The lowest BCUT2D eigenvalue weighted by molar-refractivity contribution is -0.926. The lowest BCUT2D eigenvalue weighted by atomic mass is 10.00. The predicted octanol–water partition coefficient (Wildman–Crippen LogP) is 2.65. The van der Waals surface area contributed by atoms with E-state index in [2.05, 4.69) is 5.32 Å². The van der Waals surface area contributed by atoms with Crippen molar-refractivity contribution >= 4 is 17.3 Å². The van der Waals surface area contributed by atoms with Crippen LogP contribution in [0.15, 0.2) is 48.5 Å². The average Bonchev–Trinajstić information content (AvgIpc) is 2.65. The SMILES string of the molecule is Cc1ccc(NC(=O)[C@@H](c2cccc([N+](=O)[O-])c2)[NH+]2CCCCC2)cc1. The maximum atomic E-state index is 13.1. The van der Waals surface area contributed by atoms with E-state index in [1.165, 1.54) is 23.5 Å². The molecule has 6 heteroatoms. The van der Waals surface area contributed by atoms with Crippen molar-refractivity contribution < 1.29 is 14.6 Å². The van der Waals surface area contributed by atoms with Gasteiger partial charge >= 0.3 is 0 Å². The van der Waals surface area contributed by atoms with Gasteiger partial charge in [0, 0.05) is 23.4 Å². The highest BCUT2D eigenvalue weighted by Gasteiger charge is 2.33. The Morgan fingerprint density at radius 1 is 1.12 bits per heavy atom. The Morgan fingerprint density at radius 3 is 2.46 bits per heavy atom. The minimum atomic E-state index is -0.448. The summed E-state index contributed by atoms with van der Waals surface area (Å²) in [4.78, 5) is 25.0. The van der Waals surface area contributed by atoms with Crippen molar-refractivity contribution in [3.05, 3.63) is 69.8 Å². The standard InChI is InChI=1S/C20H23N3O3/c1-15-8-10-17(11-9-15)21-20(24)19(22-12-3-2-4-13-22)16-6-5-7-18(14-16)23(25)26/h5-11,14,19H,2-4,12-13H2,1H3,(H,21,24)/p+1/t19-/m1/s1. The van der Waals surface area contributed by atoms with Gasteiger partial charge in [-0.25, -0.2) is 0 Å². The maximum Gasteiger partial charge on any atom is 0.287 e. The number of likely N-dealkylation sites (tertiary alicyclic amines) is 1. The molecule has 26 heavy (non-hydrogen) atoms. The van der Waals surface area contributed by atoms with Gasteiger partial charge in [0.2, 0.25) is 0 Å². The molecule has 0 aliphatic carbocycles. The first-order valence-electron chi connectivity index (χ1n) is 9.01. The first kappa shape index (κ1) is 18.1. The molecule has 1 saturated heterocycles. The highest BCUT2D eigenvalue weighted by atomic mass is 16.6. The number of anilines is 1. The summed E-state index contributed by atoms with van der Waals surface area (Å²) in [6, 6.07) is 13.7. The number of nitro groups is 1. The van der Waals surface area contributed by atoms with E-state index < -0.39 is 11.0 Å². The number of hydrogen-bond donors (Lipinski definition) is 2. The number of quaternary nitrogens is 1. The summed E-state index contributed by atoms with van der Waals surface area (Å²) in [5, 5.41) is 14.1. The van der Waals surface area contributed by atoms with Crippen LogP contribution < -0.4 is 10.2 Å². The van der Waals surface area contributed by atoms with Gasteiger partial charge in [-0.2, -0.15) is 0 Å². The Kier molecular flexibility index (Phi) is 5.63. The molecule has 0 radical (unpaired) electrons. The number of aryl methyl sites for hydroxylation is 1. The zero-order chi connectivity index (χ0) is 18.5. The fraction of sp³-hybridized carbons (Fsp3) is 0.350. The molecule has 0 spiro atoms. The monoisotopic (exact) mass is 354 g/mol. The van der Waals surface area contributed by atoms with Crippen LogP contribution in [0.25, 0.3) is 0 Å². The zero-order valence-electron chi connectivity index (χ0n) is 14.9. The van der Waals surface area contributed by atoms with Gasteiger partial charge in [-0.05, 0) is 38.3 Å². The molecular weight excluding hydrogens is 330 g/mol. The van der Waals surface area contributed by atoms with Gasteiger partial charge in [0.1, 0.15) is 0 Å². The van der Waals surface area contributed by atoms with Crippen molar-refractivity contribution in [2.75, 3.05) is 18.4 Å². The smallest absolute Gasteiger partial charge is 0.287 e. The predicted molar refractivity (Wildman–Crippen MR) is 100 cm³/mol. The van der Waals surface area contributed by atoms with Crippen molar-refractivity contribution in [1.29, 1.82) is 0 Å². The largest absolute Gasteiger partial charge is 0.321 e. The lowest BCUT2D eigenvalue weighted by Gasteiger charge is -2.30. The number of non-ortho nitro benzene ring substituents is 1. The second-order valence-electron chi connectivity index (χ2n) is 6.86. The van der Waals surface area contributed by atoms with Gasteiger partial charge < -0.3 is 10.2 Å². The first-order valence-corrected chi connectivity index (χ1v) is 9.01. The van der Waals surface area contributed by atoms with E-state index in [0.29, 0.717) is 5.56 Å². The van der Waals surface area contributed by atoms with E-state index in [1.54, 1.807) is 6.07 Å². The van der Waals surface area contributed by atoms with Gasteiger partial charge in [-0.3, -0.25) is 14.9 Å². The number of hydrogen-bond acceptors (Lipinski definition) is 3. The van der Waals surface area contributed by atoms with Crippen molar-refractivity contribution in [3.8, 4) is 0 Å². The highest BCUT2D eigenvalue weighted by Crippen LogP contribution is 2.20. The lowest BCUT2D eigenvalue weighted by Crippen LogP contribution is -3.14. The number of carbonyl (C=O) groups is 1. The second kappa shape index (κ2) is 8.10. The molecule has 6 nitrogen and oxygen atoms in total. The number of rotatable bonds is 5. The summed E-state index contributed by atoms with van der Waals surface area (Å²) in [6.45, 7) is 3.79. The third-order valence-electron chi connectivity index (χ3n) is 4.90. The van der Waals surface area contributed by atoms with Crippen LogP contribution in [0, 0.1) is 17.0 Å². The van der Waals surface area contributed by atoms with Gasteiger partial charge in [0.05, 0.1) is 18.0 Å². The normalized spacial score (nSPS) is 16.0. The summed E-state index contributed by atoms with van der Waals surface area (Å²) in [6.07, 6.45) is 3.31. The van der Waals surface area contributed by atoms with Crippen LogP contribution >= 0.6 is 0 Å². The Morgan fingerprint density at radius 2 is 1.81 bits per heavy atom. The van der Waals surface area contributed by atoms with Gasteiger partial charge in [0.15, 0.2) is 6.04 Å². The van der Waals surface area contributed by atoms with E-state index in [0.717, 1.165) is 37.2 Å². The molecule has 1 atom stereocenters. The molecular formula is C20H24N3O3+. The van der Waals surface area contributed by atoms with Gasteiger partial charge in [0.25, 0.3) is 11.6 Å². The maximum absolute atomic E-state index is 13.1. The molecule has 2 aromatic rings. The second-order valence-corrected chi connectivity index (χ2v) is 6.86. The van der Waals surface area contributed by atoms with Gasteiger partial charge in [-0.15, -0.1) is 0 Å². The fourth-order valence-corrected chi connectivity index (χ4v) is 3.54. The van der Waals surface area contributed by atoms with E-state index in [4.69, 9.17) is 0 Å². The van der Waals surface area contributed by atoms with Crippen molar-refractivity contribution in [2.24, 2.45) is 0 Å². The minimum absolute atomic E-state index is 0.0204. The van der Waals surface area contributed by atoms with Crippen molar-refractivity contribution in [1.82, 2.24) is 0 Å². The molecule has 0 unspecified atom stereocenters. The van der Waals surface area contributed by atoms with E-state index in [1.807, 2.05) is 37.3 Å². The Labute approximate surface area is 153 Å². The summed E-state index contributed by atoms with van der Waals surface area (Å²) < 4.78 is 0. The van der Waals surface area contributed by atoms with Crippen LogP contribution in [-0.2, 0) is 4.79 Å². The van der Waals surface area contributed by atoms with Crippen LogP contribution in [0.5, 0.6) is 0 Å². The topological polar surface area (TPSA) is 76.7 Å². The van der Waals surface area contributed by atoms with Crippen LogP contribution in [-0.4, -0.2) is 23.9 Å². The Balaban J connectivity index is 1.89. The van der Waals surface area contributed by atoms with Crippen molar-refractivity contribution in [2.45, 2.75) is 32.2 Å². The molecule has 0 aromatic heterocycles. The number of carbonyl (C=O) groups excluding carboxylic acids is 1. The molecule has 1 fully saturated rings. The molecule has 0 bridgehead atoms. The van der Waals surface area contributed by atoms with E-state index >= 15 is 0 Å². The fourth-order valence-electron chi connectivity index (χ4n) is 3.54. The third-order valence-corrected chi connectivity index (χ3v) is 4.90. The molecule has 1 heterocycles. The summed E-state index contributed by atoms with van der Waals surface area (Å²) >= 11 is 0. The molecule has 0 saturated carbocycles. The molecule has 1 amide bonds. The number of nitro benzene ring substituents is 1. The first-order chi connectivity index (χ1) is 12.5. The van der Waals surface area contributed by atoms with Crippen LogP contribution in [0.3, 0.4) is 0 Å². The van der Waals surface area contributed by atoms with E-state index in [-0.39, 0.29) is 11.6 Å². The molecule has 1 aliphatic rings. The van der Waals surface area contributed by atoms with Crippen molar-refractivity contribution in [3.63, 3.8) is 0 Å². The van der Waals surface area contributed by atoms with E-state index in [9.17, 15) is 14.9 Å². The van der Waals surface area contributed by atoms with Crippen LogP contribution in [0.4, 0.5) is 11.4 Å². The molecule has 2 aromatic carbocycles. The highest BCUT2D eigenvalue weighted by molar-refractivity contribution is 5.94. The number of nitrogens with zero attached hydrogens (tertiary/aromatic N) is 1. The Hall–Kier alpha value is -2.73. The molecule has 3 rings (SSSR count). The molecule has 136 valence electrons. The van der Waals surface area contributed by atoms with Crippen LogP contribution in [0.1, 0.15) is 36.4 Å². The number of piperidine rings is 1. The minimum Gasteiger partial charge on any atom is -0.321 e. The summed E-state index contributed by atoms with van der Waals surface area (Å²) in [5.74, 6) is -0.119. The van der Waals surface area contributed by atoms with Gasteiger partial charge in [-0.1, -0.05) is 29.8 Å². The third kappa shape index (κ3) is 4.26. The molecule has 2 N–H and O–H groups in total. The number of nitrogens with one attached hydrogen (secondary N) is 2. The molecule has 1 aliphatic heterocycles. The summed E-state index contributed by atoms with van der Waals surface area (Å²) in [5.41, 5.74) is 2.58. The Bertz CT molecular complexity index is 783. The quantitative estimate of drug-likeness (QED) is 0.640. The number of benzene rings is 2. The van der Waals surface area contributed by atoms with Crippen LogP contribution in [0.2, 0.25) is 0 Å². The summed E-state index contributed by atoms with van der Waals surface area (Å²) in [7, 11) is 0. The zero-order valence-corrected chi connectivity index (χ0v) is 14.9.